The third-order valence-corrected chi connectivity index (χ3v) is 10.6. The third-order valence-electron chi connectivity index (χ3n) is 8.31. The van der Waals surface area contributed by atoms with Crippen LogP contribution in [0, 0.1) is 0 Å². The molecule has 4 heterocycles. The molecule has 1 fully saturated rings. The molecule has 2 aromatic carbocycles. The van der Waals surface area contributed by atoms with Crippen LogP contribution in [-0.4, -0.2) is 74.4 Å². The Kier molecular flexibility index (Phi) is 8.63. The molecule has 4 aromatic rings. The lowest BCUT2D eigenvalue weighted by Gasteiger charge is -2.29. The SMILES string of the molecule is CC(CO)NC(=O)[C@@H]1CCCN1S(=O)(=O)c1cnc2n1[C@](C)(Cc1ccc(-c3cncnc3)cc1)C(=O)N2c1cc(Cl)cc(Cl)c1. The van der Waals surface area contributed by atoms with Crippen LogP contribution in [0.4, 0.5) is 11.6 Å². The first kappa shape index (κ1) is 32.1. The zero-order valence-electron chi connectivity index (χ0n) is 25.0. The molecule has 1 unspecified atom stereocenters. The zero-order valence-corrected chi connectivity index (χ0v) is 27.3. The Morgan fingerprint density at radius 1 is 1.09 bits per heavy atom. The molecule has 2 amide bonds. The maximum atomic E-state index is 14.5. The summed E-state index contributed by atoms with van der Waals surface area (Å²) in [6.45, 7) is 3.12. The normalized spacial score (nSPS) is 20.6. The molecule has 6 rings (SSSR count). The number of anilines is 2. The van der Waals surface area contributed by atoms with Gasteiger partial charge in [-0.15, -0.1) is 0 Å². The van der Waals surface area contributed by atoms with Gasteiger partial charge in [-0.2, -0.15) is 4.31 Å². The molecule has 240 valence electrons. The van der Waals surface area contributed by atoms with Gasteiger partial charge in [-0.1, -0.05) is 47.5 Å². The summed E-state index contributed by atoms with van der Waals surface area (Å²) < 4.78 is 31.3. The Morgan fingerprint density at radius 2 is 1.76 bits per heavy atom. The van der Waals surface area contributed by atoms with E-state index in [1.807, 2.05) is 24.3 Å². The number of carbonyl (C=O) groups excluding carboxylic acids is 2. The summed E-state index contributed by atoms with van der Waals surface area (Å²) in [5.41, 5.74) is 1.34. The first-order valence-corrected chi connectivity index (χ1v) is 16.8. The van der Waals surface area contributed by atoms with Gasteiger partial charge in [0.2, 0.25) is 11.9 Å². The van der Waals surface area contributed by atoms with E-state index in [4.69, 9.17) is 23.2 Å². The maximum absolute atomic E-state index is 14.5. The predicted octanol–water partition coefficient (Wildman–Crippen LogP) is 3.93. The van der Waals surface area contributed by atoms with Gasteiger partial charge in [-0.3, -0.25) is 14.2 Å². The molecule has 2 aliphatic rings. The second kappa shape index (κ2) is 12.4. The molecular formula is C31H31Cl2N7O5S. The zero-order chi connectivity index (χ0) is 32.8. The number of hydrogen-bond donors (Lipinski definition) is 2. The lowest BCUT2D eigenvalue weighted by atomic mass is 9.91. The molecule has 0 spiro atoms. The van der Waals surface area contributed by atoms with Crippen molar-refractivity contribution in [3.63, 3.8) is 0 Å². The average Bonchev–Trinajstić information content (AvgIpc) is 3.75. The number of nitrogens with one attached hydrogen (secondary N) is 1. The molecule has 0 bridgehead atoms. The fourth-order valence-corrected chi connectivity index (χ4v) is 8.43. The molecule has 46 heavy (non-hydrogen) atoms. The van der Waals surface area contributed by atoms with E-state index in [-0.39, 0.29) is 30.5 Å². The summed E-state index contributed by atoms with van der Waals surface area (Å²) in [6, 6.07) is 10.6. The Labute approximate surface area is 276 Å². The quantitative estimate of drug-likeness (QED) is 0.269. The molecule has 2 aromatic heterocycles. The highest BCUT2D eigenvalue weighted by Gasteiger charge is 2.53. The molecule has 0 aliphatic carbocycles. The number of amides is 2. The minimum Gasteiger partial charge on any atom is -0.394 e. The monoisotopic (exact) mass is 683 g/mol. The van der Waals surface area contributed by atoms with Gasteiger partial charge < -0.3 is 10.4 Å². The number of carbonyl (C=O) groups is 2. The van der Waals surface area contributed by atoms with Crippen LogP contribution in [0.25, 0.3) is 11.1 Å². The van der Waals surface area contributed by atoms with E-state index < -0.39 is 39.5 Å². The highest BCUT2D eigenvalue weighted by molar-refractivity contribution is 7.89. The number of halogens is 2. The molecule has 2 N–H and O–H groups in total. The van der Waals surface area contributed by atoms with Crippen LogP contribution in [0.1, 0.15) is 32.3 Å². The number of aliphatic hydroxyl groups excluding tert-OH is 1. The second-order valence-corrected chi connectivity index (χ2v) is 14.4. The summed E-state index contributed by atoms with van der Waals surface area (Å²) in [7, 11) is -4.34. The van der Waals surface area contributed by atoms with Crippen LogP contribution in [0.3, 0.4) is 0 Å². The molecular weight excluding hydrogens is 653 g/mol. The number of sulfonamides is 1. The van der Waals surface area contributed by atoms with Crippen LogP contribution in [0.5, 0.6) is 0 Å². The van der Waals surface area contributed by atoms with Crippen molar-refractivity contribution in [2.75, 3.05) is 18.1 Å². The lowest BCUT2D eigenvalue weighted by Crippen LogP contribution is -2.49. The Morgan fingerprint density at radius 3 is 2.41 bits per heavy atom. The molecule has 0 radical (unpaired) electrons. The number of nitrogens with zero attached hydrogens (tertiary/aromatic N) is 6. The highest BCUT2D eigenvalue weighted by atomic mass is 35.5. The van der Waals surface area contributed by atoms with E-state index in [0.29, 0.717) is 28.6 Å². The van der Waals surface area contributed by atoms with E-state index in [0.717, 1.165) is 21.0 Å². The minimum absolute atomic E-state index is 0.0802. The van der Waals surface area contributed by atoms with E-state index in [9.17, 15) is 23.1 Å². The van der Waals surface area contributed by atoms with Crippen molar-refractivity contribution in [2.45, 2.75) is 55.8 Å². The van der Waals surface area contributed by atoms with Crippen molar-refractivity contribution in [1.29, 1.82) is 0 Å². The molecule has 1 saturated heterocycles. The van der Waals surface area contributed by atoms with Gasteiger partial charge in [0.1, 0.15) is 17.9 Å². The summed E-state index contributed by atoms with van der Waals surface area (Å²) in [5, 5.41) is 12.5. The Balaban J connectivity index is 1.43. The van der Waals surface area contributed by atoms with Gasteiger partial charge in [0, 0.05) is 47.0 Å². The van der Waals surface area contributed by atoms with Gasteiger partial charge in [0.05, 0.1) is 18.5 Å². The number of aromatic nitrogens is 4. The Bertz CT molecular complexity index is 1890. The van der Waals surface area contributed by atoms with Crippen molar-refractivity contribution in [3.8, 4) is 11.1 Å². The number of rotatable bonds is 9. The van der Waals surface area contributed by atoms with Crippen LogP contribution in [0.15, 0.2) is 72.4 Å². The molecule has 2 aliphatic heterocycles. The van der Waals surface area contributed by atoms with E-state index >= 15 is 0 Å². The highest BCUT2D eigenvalue weighted by Crippen LogP contribution is 2.45. The average molecular weight is 685 g/mol. The molecule has 15 heteroatoms. The van der Waals surface area contributed by atoms with E-state index in [1.54, 1.807) is 38.4 Å². The first-order valence-electron chi connectivity index (χ1n) is 14.6. The van der Waals surface area contributed by atoms with Crippen molar-refractivity contribution >= 4 is 56.7 Å². The number of fused-ring (bicyclic) bond motifs is 1. The van der Waals surface area contributed by atoms with E-state index in [1.165, 1.54) is 28.1 Å². The van der Waals surface area contributed by atoms with Crippen LogP contribution in [-0.2, 0) is 31.6 Å². The van der Waals surface area contributed by atoms with Crippen LogP contribution in [0.2, 0.25) is 10.0 Å². The standard InChI is InChI=1S/C31H31Cl2N7O5S/c1-19(17-41)37-28(42)26-4-3-9-38(26)46(44,45)27-16-36-30-39(25-11-23(32)10-24(33)12-25)29(43)31(2,40(27)30)13-20-5-7-21(8-6-20)22-14-34-18-35-15-22/h5-8,10-12,14-16,18-19,26,41H,3-4,9,13,17H2,1-2H3,(H,37,42)/t19?,26-,31+/m0/s1. The predicted molar refractivity (Wildman–Crippen MR) is 172 cm³/mol. The van der Waals surface area contributed by atoms with Gasteiger partial charge in [-0.05, 0) is 56.0 Å². The van der Waals surface area contributed by atoms with Gasteiger partial charge in [0.25, 0.3) is 15.9 Å². The van der Waals surface area contributed by atoms with Crippen LogP contribution >= 0.6 is 23.2 Å². The molecule has 0 saturated carbocycles. The maximum Gasteiger partial charge on any atom is 0.261 e. The van der Waals surface area contributed by atoms with Crippen molar-refractivity contribution in [3.05, 3.63) is 83.0 Å². The minimum atomic E-state index is -4.34. The Hall–Kier alpha value is -3.88. The van der Waals surface area contributed by atoms with Gasteiger partial charge >= 0.3 is 0 Å². The van der Waals surface area contributed by atoms with E-state index in [2.05, 4.69) is 20.3 Å². The van der Waals surface area contributed by atoms with Gasteiger partial charge in [-0.25, -0.2) is 28.3 Å². The second-order valence-electron chi connectivity index (χ2n) is 11.6. The fraction of sp³-hybridized carbons (Fsp3) is 0.323. The van der Waals surface area contributed by atoms with Crippen molar-refractivity contribution in [1.82, 2.24) is 29.1 Å². The molecule has 12 nitrogen and oxygen atoms in total. The van der Waals surface area contributed by atoms with Crippen LogP contribution < -0.4 is 10.2 Å². The number of hydrogen-bond acceptors (Lipinski definition) is 8. The van der Waals surface area contributed by atoms with Gasteiger partial charge in [0.15, 0.2) is 5.03 Å². The molecule has 3 atom stereocenters. The first-order chi connectivity index (χ1) is 21.9. The summed E-state index contributed by atoms with van der Waals surface area (Å²) in [4.78, 5) is 41.4. The number of imidazole rings is 1. The largest absolute Gasteiger partial charge is 0.394 e. The summed E-state index contributed by atoms with van der Waals surface area (Å²) >= 11 is 12.6. The number of benzene rings is 2. The third kappa shape index (κ3) is 5.66. The number of aliphatic hydroxyl groups is 1. The topological polar surface area (TPSA) is 151 Å². The van der Waals surface area contributed by atoms with Crippen molar-refractivity contribution < 1.29 is 23.1 Å². The summed E-state index contributed by atoms with van der Waals surface area (Å²) in [6.07, 6.45) is 6.96. The lowest BCUT2D eigenvalue weighted by molar-refractivity contribution is -0.125. The summed E-state index contributed by atoms with van der Waals surface area (Å²) in [5.74, 6) is -0.850. The fourth-order valence-electron chi connectivity index (χ4n) is 6.07. The van der Waals surface area contributed by atoms with Crippen molar-refractivity contribution in [2.24, 2.45) is 0 Å². The smallest absolute Gasteiger partial charge is 0.261 e.